The molecule has 4 N–H and O–H groups in total. The minimum absolute atomic E-state index is 0.222. The average Bonchev–Trinajstić information content (AvgIpc) is 3.33. The van der Waals surface area contributed by atoms with E-state index in [0.29, 0.717) is 25.0 Å². The Morgan fingerprint density at radius 3 is 2.76 bits per heavy atom. The van der Waals surface area contributed by atoms with Gasteiger partial charge in [-0.2, -0.15) is 4.98 Å². The Bertz CT molecular complexity index is 1060. The molecule has 3 aliphatic rings. The van der Waals surface area contributed by atoms with Crippen molar-refractivity contribution in [3.63, 3.8) is 0 Å². The fraction of sp³-hybridized carbons (Fsp3) is 0.542. The minimum Gasteiger partial charge on any atom is -0.330 e. The van der Waals surface area contributed by atoms with E-state index in [0.717, 1.165) is 57.7 Å². The number of urea groups is 1. The molecule has 0 spiro atoms. The van der Waals surface area contributed by atoms with Crippen LogP contribution in [0.2, 0.25) is 0 Å². The van der Waals surface area contributed by atoms with Gasteiger partial charge in [0.2, 0.25) is 0 Å². The Labute approximate surface area is 194 Å². The number of nitrogens with zero attached hydrogens (tertiary/aromatic N) is 4. The smallest absolute Gasteiger partial charge is 0.330 e. The maximum absolute atomic E-state index is 12.7. The number of benzene rings is 1. The molecule has 33 heavy (non-hydrogen) atoms. The van der Waals surface area contributed by atoms with Gasteiger partial charge in [0.25, 0.3) is 0 Å². The van der Waals surface area contributed by atoms with E-state index in [2.05, 4.69) is 32.7 Å². The summed E-state index contributed by atoms with van der Waals surface area (Å²) in [6, 6.07) is 8.30. The molecule has 0 radical (unpaired) electrons. The van der Waals surface area contributed by atoms with Gasteiger partial charge in [0.05, 0.1) is 5.69 Å². The number of likely N-dealkylation sites (tertiary alicyclic amines) is 1. The molecule has 2 atom stereocenters. The number of carbonyl (C=O) groups is 1. The minimum atomic E-state index is -0.397. The zero-order valence-corrected chi connectivity index (χ0v) is 19.0. The van der Waals surface area contributed by atoms with Crippen molar-refractivity contribution in [1.82, 2.24) is 24.7 Å². The van der Waals surface area contributed by atoms with Crippen LogP contribution < -0.4 is 22.1 Å². The molecule has 9 heteroatoms. The lowest BCUT2D eigenvalue weighted by Gasteiger charge is -2.32. The Balaban J connectivity index is 1.26. The topological polar surface area (TPSA) is 109 Å². The van der Waals surface area contributed by atoms with Gasteiger partial charge >= 0.3 is 11.7 Å². The van der Waals surface area contributed by atoms with Gasteiger partial charge in [-0.25, -0.2) is 9.59 Å². The van der Waals surface area contributed by atoms with Gasteiger partial charge in [-0.05, 0) is 74.0 Å². The summed E-state index contributed by atoms with van der Waals surface area (Å²) in [6.07, 6.45) is 6.10. The zero-order valence-electron chi connectivity index (χ0n) is 19.0. The highest BCUT2D eigenvalue weighted by Gasteiger charge is 2.30. The van der Waals surface area contributed by atoms with Crippen LogP contribution in [0.5, 0.6) is 0 Å². The number of hydrogen-bond acceptors (Lipinski definition) is 6. The SMILES string of the molecule is NC[C@H]1CCN(C2CCc3cc(-n4ccc(NC(=O)N5CCNCC5)nc4=O)ccc3C2)C1. The van der Waals surface area contributed by atoms with Crippen LogP contribution in [0.25, 0.3) is 5.69 Å². The molecule has 1 unspecified atom stereocenters. The molecule has 1 aromatic carbocycles. The number of amides is 2. The number of nitrogens with one attached hydrogen (secondary N) is 2. The second-order valence-electron chi connectivity index (χ2n) is 9.37. The van der Waals surface area contributed by atoms with Gasteiger partial charge in [-0.3, -0.25) is 14.8 Å². The van der Waals surface area contributed by atoms with Gasteiger partial charge in [0.1, 0.15) is 5.82 Å². The Hall–Kier alpha value is -2.75. The average molecular weight is 452 g/mol. The number of anilines is 1. The molecule has 9 nitrogen and oxygen atoms in total. The van der Waals surface area contributed by atoms with Crippen molar-refractivity contribution in [2.45, 2.75) is 31.7 Å². The number of nitrogens with two attached hydrogens (primary N) is 1. The van der Waals surface area contributed by atoms with E-state index < -0.39 is 5.69 Å². The summed E-state index contributed by atoms with van der Waals surface area (Å²) >= 11 is 0. The number of aromatic nitrogens is 2. The van der Waals surface area contributed by atoms with Gasteiger partial charge in [-0.1, -0.05) is 6.07 Å². The van der Waals surface area contributed by atoms with Crippen LogP contribution in [-0.2, 0) is 12.8 Å². The molecule has 2 aromatic rings. The van der Waals surface area contributed by atoms with Crippen molar-refractivity contribution < 1.29 is 4.79 Å². The first kappa shape index (κ1) is 22.1. The van der Waals surface area contributed by atoms with E-state index >= 15 is 0 Å². The maximum atomic E-state index is 12.7. The highest BCUT2D eigenvalue weighted by Crippen LogP contribution is 2.29. The molecule has 1 aromatic heterocycles. The van der Waals surface area contributed by atoms with E-state index in [1.54, 1.807) is 21.7 Å². The van der Waals surface area contributed by atoms with E-state index in [4.69, 9.17) is 5.73 Å². The summed E-state index contributed by atoms with van der Waals surface area (Å²) < 4.78 is 1.54. The summed E-state index contributed by atoms with van der Waals surface area (Å²) in [5.74, 6) is 0.916. The number of carbonyl (C=O) groups excluding carboxylic acids is 1. The molecular weight excluding hydrogens is 418 g/mol. The Morgan fingerprint density at radius 2 is 2.00 bits per heavy atom. The number of piperazine rings is 1. The first-order valence-corrected chi connectivity index (χ1v) is 12.0. The van der Waals surface area contributed by atoms with E-state index in [9.17, 15) is 9.59 Å². The number of aryl methyl sites for hydroxylation is 1. The molecule has 2 saturated heterocycles. The Kier molecular flexibility index (Phi) is 6.43. The van der Waals surface area contributed by atoms with Crippen LogP contribution in [0.15, 0.2) is 35.3 Å². The molecule has 2 fully saturated rings. The molecule has 176 valence electrons. The standard InChI is InChI=1S/C24H33N7O2/c25-15-17-5-9-30(16-17)20-3-1-19-14-21(4-2-18(19)13-20)31-10-6-22(28-24(31)33)27-23(32)29-11-7-26-8-12-29/h2,4,6,10,14,17,20,26H,1,3,5,7-9,11-13,15-16,25H2,(H,27,28,32,33)/t17-,20?/m1/s1. The quantitative estimate of drug-likeness (QED) is 0.635. The van der Waals surface area contributed by atoms with Crippen LogP contribution in [0.3, 0.4) is 0 Å². The molecule has 2 aliphatic heterocycles. The summed E-state index contributed by atoms with van der Waals surface area (Å²) in [4.78, 5) is 33.5. The fourth-order valence-electron chi connectivity index (χ4n) is 5.30. The van der Waals surface area contributed by atoms with Crippen molar-refractivity contribution in [2.75, 3.05) is 51.1 Å². The lowest BCUT2D eigenvalue weighted by atomic mass is 9.87. The largest absolute Gasteiger partial charge is 0.354 e. The summed E-state index contributed by atoms with van der Waals surface area (Å²) in [6.45, 7) is 5.88. The monoisotopic (exact) mass is 451 g/mol. The fourth-order valence-corrected chi connectivity index (χ4v) is 5.30. The molecule has 2 amide bonds. The first-order chi connectivity index (χ1) is 16.1. The van der Waals surface area contributed by atoms with E-state index in [1.807, 2.05) is 6.07 Å². The number of rotatable bonds is 4. The molecular formula is C24H33N7O2. The van der Waals surface area contributed by atoms with Gasteiger partial charge < -0.3 is 16.0 Å². The Morgan fingerprint density at radius 1 is 1.15 bits per heavy atom. The lowest BCUT2D eigenvalue weighted by Crippen LogP contribution is -2.48. The molecule has 1 aliphatic carbocycles. The highest BCUT2D eigenvalue weighted by atomic mass is 16.2. The van der Waals surface area contributed by atoms with E-state index in [1.165, 1.54) is 17.5 Å². The van der Waals surface area contributed by atoms with Gasteiger partial charge in [0, 0.05) is 45.0 Å². The third-order valence-corrected chi connectivity index (χ3v) is 7.28. The maximum Gasteiger partial charge on any atom is 0.354 e. The summed E-state index contributed by atoms with van der Waals surface area (Å²) in [5.41, 5.74) is 8.96. The third-order valence-electron chi connectivity index (χ3n) is 7.28. The third kappa shape index (κ3) is 4.80. The molecule has 0 bridgehead atoms. The molecule has 0 saturated carbocycles. The van der Waals surface area contributed by atoms with Crippen LogP contribution in [0.1, 0.15) is 24.0 Å². The lowest BCUT2D eigenvalue weighted by molar-refractivity contribution is 0.204. The van der Waals surface area contributed by atoms with E-state index in [-0.39, 0.29) is 11.8 Å². The summed E-state index contributed by atoms with van der Waals surface area (Å²) in [5, 5.41) is 5.95. The molecule has 5 rings (SSSR count). The number of fused-ring (bicyclic) bond motifs is 1. The molecule has 3 heterocycles. The van der Waals surface area contributed by atoms with Crippen molar-refractivity contribution >= 4 is 11.8 Å². The van der Waals surface area contributed by atoms with Crippen molar-refractivity contribution in [3.05, 3.63) is 52.1 Å². The second kappa shape index (κ2) is 9.62. The predicted octanol–water partition coefficient (Wildman–Crippen LogP) is 0.808. The number of hydrogen-bond donors (Lipinski definition) is 3. The van der Waals surface area contributed by atoms with Gasteiger partial charge in [-0.15, -0.1) is 0 Å². The van der Waals surface area contributed by atoms with Crippen LogP contribution in [0, 0.1) is 5.92 Å². The van der Waals surface area contributed by atoms with Crippen molar-refractivity contribution in [3.8, 4) is 5.69 Å². The zero-order chi connectivity index (χ0) is 22.8. The predicted molar refractivity (Wildman–Crippen MR) is 128 cm³/mol. The van der Waals surface area contributed by atoms with Crippen molar-refractivity contribution in [1.29, 1.82) is 0 Å². The first-order valence-electron chi connectivity index (χ1n) is 12.0. The highest BCUT2D eigenvalue weighted by molar-refractivity contribution is 5.88. The van der Waals surface area contributed by atoms with Crippen molar-refractivity contribution in [2.24, 2.45) is 11.7 Å². The van der Waals surface area contributed by atoms with Crippen LogP contribution >= 0.6 is 0 Å². The van der Waals surface area contributed by atoms with Gasteiger partial charge in [0.15, 0.2) is 0 Å². The summed E-state index contributed by atoms with van der Waals surface area (Å²) in [7, 11) is 0. The van der Waals surface area contributed by atoms with Crippen LogP contribution in [-0.4, -0.2) is 77.2 Å². The normalized spacial score (nSPS) is 23.4. The second-order valence-corrected chi connectivity index (χ2v) is 9.37. The van der Waals surface area contributed by atoms with Crippen LogP contribution in [0.4, 0.5) is 10.6 Å².